The van der Waals surface area contributed by atoms with Gasteiger partial charge in [-0.25, -0.2) is 0 Å². The molecular formula is C17H19ClO3. The molecule has 0 saturated heterocycles. The van der Waals surface area contributed by atoms with Gasteiger partial charge in [-0.05, 0) is 29.7 Å². The van der Waals surface area contributed by atoms with Crippen molar-refractivity contribution >= 4 is 11.6 Å². The van der Waals surface area contributed by atoms with Crippen LogP contribution in [0.3, 0.4) is 0 Å². The third-order valence-electron chi connectivity index (χ3n) is 3.24. The van der Waals surface area contributed by atoms with Crippen LogP contribution in [-0.4, -0.2) is 22.2 Å². The maximum Gasteiger partial charge on any atom is 0.119 e. The summed E-state index contributed by atoms with van der Waals surface area (Å²) in [6.07, 6.45) is -1.42. The molecule has 0 fully saturated rings. The molecule has 0 aliphatic rings. The van der Waals surface area contributed by atoms with E-state index in [2.05, 4.69) is 0 Å². The monoisotopic (exact) mass is 306 g/mol. The first kappa shape index (κ1) is 15.8. The number of halogens is 1. The van der Waals surface area contributed by atoms with E-state index in [0.29, 0.717) is 24.5 Å². The summed E-state index contributed by atoms with van der Waals surface area (Å²) in [6.45, 7) is 0.498. The zero-order chi connectivity index (χ0) is 15.1. The van der Waals surface area contributed by atoms with Gasteiger partial charge in [0.05, 0.1) is 6.10 Å². The first-order valence-electron chi connectivity index (χ1n) is 6.89. The molecule has 0 saturated carbocycles. The van der Waals surface area contributed by atoms with Gasteiger partial charge in [0.25, 0.3) is 0 Å². The van der Waals surface area contributed by atoms with Crippen molar-refractivity contribution in [2.45, 2.75) is 25.2 Å². The molecule has 0 bridgehead atoms. The van der Waals surface area contributed by atoms with Crippen LogP contribution in [0.15, 0.2) is 54.6 Å². The summed E-state index contributed by atoms with van der Waals surface area (Å²) in [6, 6.07) is 17.0. The lowest BCUT2D eigenvalue weighted by atomic mass is 10.0. The van der Waals surface area contributed by atoms with E-state index >= 15 is 0 Å². The van der Waals surface area contributed by atoms with Crippen LogP contribution in [0.2, 0.25) is 0 Å². The molecular weight excluding hydrogens is 288 g/mol. The van der Waals surface area contributed by atoms with Crippen LogP contribution in [0.1, 0.15) is 23.7 Å². The van der Waals surface area contributed by atoms with E-state index in [1.54, 1.807) is 24.3 Å². The molecule has 0 amide bonds. The van der Waals surface area contributed by atoms with Crippen LogP contribution in [0.25, 0.3) is 0 Å². The summed E-state index contributed by atoms with van der Waals surface area (Å²) in [5, 5.41) is 19.7. The largest absolute Gasteiger partial charge is 0.489 e. The SMILES string of the molecule is OC(CCCl)C(O)c1ccc(OCc2ccccc2)cc1. The van der Waals surface area contributed by atoms with Gasteiger partial charge in [0.1, 0.15) is 18.5 Å². The van der Waals surface area contributed by atoms with Gasteiger partial charge in [0, 0.05) is 5.88 Å². The van der Waals surface area contributed by atoms with Crippen molar-refractivity contribution in [3.8, 4) is 5.75 Å². The number of aliphatic hydroxyl groups excluding tert-OH is 2. The average molecular weight is 307 g/mol. The Labute approximate surface area is 129 Å². The van der Waals surface area contributed by atoms with Gasteiger partial charge in [0.2, 0.25) is 0 Å². The maximum absolute atomic E-state index is 9.97. The Morgan fingerprint density at radius 2 is 1.62 bits per heavy atom. The third-order valence-corrected chi connectivity index (χ3v) is 3.46. The smallest absolute Gasteiger partial charge is 0.119 e. The predicted octanol–water partition coefficient (Wildman–Crippen LogP) is 3.29. The van der Waals surface area contributed by atoms with Gasteiger partial charge in [0.15, 0.2) is 0 Å². The molecule has 0 aliphatic carbocycles. The van der Waals surface area contributed by atoms with Crippen molar-refractivity contribution in [2.75, 3.05) is 5.88 Å². The van der Waals surface area contributed by atoms with Crippen molar-refractivity contribution in [1.29, 1.82) is 0 Å². The van der Waals surface area contributed by atoms with Crippen LogP contribution in [0, 0.1) is 0 Å². The normalized spacial score (nSPS) is 13.7. The van der Waals surface area contributed by atoms with Crippen molar-refractivity contribution < 1.29 is 14.9 Å². The second-order valence-electron chi connectivity index (χ2n) is 4.83. The zero-order valence-electron chi connectivity index (χ0n) is 11.7. The first-order valence-corrected chi connectivity index (χ1v) is 7.43. The third kappa shape index (κ3) is 4.74. The Balaban J connectivity index is 1.92. The van der Waals surface area contributed by atoms with Gasteiger partial charge >= 0.3 is 0 Å². The minimum absolute atomic E-state index is 0.316. The number of hydrogen-bond acceptors (Lipinski definition) is 3. The van der Waals surface area contributed by atoms with E-state index in [-0.39, 0.29) is 0 Å². The zero-order valence-corrected chi connectivity index (χ0v) is 12.4. The fraction of sp³-hybridized carbons (Fsp3) is 0.294. The fourth-order valence-electron chi connectivity index (χ4n) is 1.99. The highest BCUT2D eigenvalue weighted by atomic mass is 35.5. The Bertz CT molecular complexity index is 527. The lowest BCUT2D eigenvalue weighted by Crippen LogP contribution is -2.18. The number of hydrogen-bond donors (Lipinski definition) is 2. The van der Waals surface area contributed by atoms with Gasteiger partial charge < -0.3 is 14.9 Å². The summed E-state index contributed by atoms with van der Waals surface area (Å²) in [5.41, 5.74) is 1.75. The maximum atomic E-state index is 9.97. The molecule has 2 aromatic carbocycles. The quantitative estimate of drug-likeness (QED) is 0.772. The molecule has 0 aliphatic heterocycles. The molecule has 0 spiro atoms. The molecule has 2 atom stereocenters. The minimum Gasteiger partial charge on any atom is -0.489 e. The van der Waals surface area contributed by atoms with Crippen LogP contribution in [0.5, 0.6) is 5.75 Å². The highest BCUT2D eigenvalue weighted by molar-refractivity contribution is 6.17. The lowest BCUT2D eigenvalue weighted by molar-refractivity contribution is 0.0169. The number of rotatable bonds is 7. The molecule has 112 valence electrons. The van der Waals surface area contributed by atoms with E-state index in [9.17, 15) is 10.2 Å². The van der Waals surface area contributed by atoms with E-state index in [0.717, 1.165) is 11.3 Å². The van der Waals surface area contributed by atoms with Crippen LogP contribution in [-0.2, 0) is 6.61 Å². The van der Waals surface area contributed by atoms with E-state index in [1.165, 1.54) is 0 Å². The minimum atomic E-state index is -0.924. The van der Waals surface area contributed by atoms with Crippen LogP contribution in [0.4, 0.5) is 0 Å². The van der Waals surface area contributed by atoms with Gasteiger partial charge in [-0.3, -0.25) is 0 Å². The van der Waals surface area contributed by atoms with E-state index in [1.807, 2.05) is 30.3 Å². The predicted molar refractivity (Wildman–Crippen MR) is 83.5 cm³/mol. The van der Waals surface area contributed by atoms with Crippen LogP contribution >= 0.6 is 11.6 Å². The number of ether oxygens (including phenoxy) is 1. The Hall–Kier alpha value is -1.55. The summed E-state index contributed by atoms with van der Waals surface area (Å²) >= 11 is 5.56. The lowest BCUT2D eigenvalue weighted by Gasteiger charge is -2.17. The fourth-order valence-corrected chi connectivity index (χ4v) is 2.22. The molecule has 2 aromatic rings. The second kappa shape index (κ2) is 8.03. The number of benzene rings is 2. The first-order chi connectivity index (χ1) is 10.2. The van der Waals surface area contributed by atoms with Gasteiger partial charge in [-0.2, -0.15) is 0 Å². The summed E-state index contributed by atoms with van der Waals surface area (Å²) in [7, 11) is 0. The van der Waals surface area contributed by atoms with E-state index < -0.39 is 12.2 Å². The standard InChI is InChI=1S/C17H19ClO3/c18-11-10-16(19)17(20)14-6-8-15(9-7-14)21-12-13-4-2-1-3-5-13/h1-9,16-17,19-20H,10-12H2. The molecule has 2 N–H and O–H groups in total. The molecule has 0 aromatic heterocycles. The highest BCUT2D eigenvalue weighted by Gasteiger charge is 2.17. The Kier molecular flexibility index (Phi) is 6.05. The van der Waals surface area contributed by atoms with Crippen molar-refractivity contribution in [2.24, 2.45) is 0 Å². The molecule has 0 heterocycles. The Morgan fingerprint density at radius 3 is 2.24 bits per heavy atom. The van der Waals surface area contributed by atoms with Crippen molar-refractivity contribution in [3.05, 3.63) is 65.7 Å². The van der Waals surface area contributed by atoms with Crippen molar-refractivity contribution in [3.63, 3.8) is 0 Å². The highest BCUT2D eigenvalue weighted by Crippen LogP contribution is 2.22. The molecule has 2 unspecified atom stereocenters. The van der Waals surface area contributed by atoms with Gasteiger partial charge in [-0.1, -0.05) is 42.5 Å². The van der Waals surface area contributed by atoms with Crippen molar-refractivity contribution in [1.82, 2.24) is 0 Å². The molecule has 3 nitrogen and oxygen atoms in total. The summed E-state index contributed by atoms with van der Waals surface area (Å²) in [5.74, 6) is 1.04. The molecule has 2 rings (SSSR count). The topological polar surface area (TPSA) is 49.7 Å². The van der Waals surface area contributed by atoms with E-state index in [4.69, 9.17) is 16.3 Å². The second-order valence-corrected chi connectivity index (χ2v) is 5.21. The summed E-state index contributed by atoms with van der Waals surface area (Å²) < 4.78 is 5.67. The van der Waals surface area contributed by atoms with Gasteiger partial charge in [-0.15, -0.1) is 11.6 Å². The molecule has 4 heteroatoms. The molecule has 21 heavy (non-hydrogen) atoms. The number of aliphatic hydroxyl groups is 2. The number of alkyl halides is 1. The average Bonchev–Trinajstić information content (AvgIpc) is 2.54. The van der Waals surface area contributed by atoms with Crippen LogP contribution < -0.4 is 4.74 Å². The summed E-state index contributed by atoms with van der Waals surface area (Å²) in [4.78, 5) is 0. The molecule has 0 radical (unpaired) electrons. The Morgan fingerprint density at radius 1 is 0.952 bits per heavy atom.